The van der Waals surface area contributed by atoms with E-state index in [-0.39, 0.29) is 0 Å². The van der Waals surface area contributed by atoms with Crippen molar-refractivity contribution in [2.75, 3.05) is 0 Å². The molecule has 0 saturated heterocycles. The van der Waals surface area contributed by atoms with Gasteiger partial charge >= 0.3 is 158 Å². The van der Waals surface area contributed by atoms with Gasteiger partial charge in [-0.2, -0.15) is 0 Å². The quantitative estimate of drug-likeness (QED) is 0.471. The molecule has 0 fully saturated rings. The van der Waals surface area contributed by atoms with Gasteiger partial charge in [0.05, 0.1) is 0 Å². The van der Waals surface area contributed by atoms with Gasteiger partial charge in [-0.25, -0.2) is 0 Å². The molecule has 136 valence electrons. The summed E-state index contributed by atoms with van der Waals surface area (Å²) < 4.78 is 3.98. The Balaban J connectivity index is 2.58. The molecule has 25 heavy (non-hydrogen) atoms. The van der Waals surface area contributed by atoms with Crippen LogP contribution < -0.4 is 8.96 Å². The molecule has 2 heteroatoms. The van der Waals surface area contributed by atoms with Crippen LogP contribution in [0.25, 0.3) is 11.3 Å². The summed E-state index contributed by atoms with van der Waals surface area (Å²) in [6.45, 7) is 11.5. The van der Waals surface area contributed by atoms with Gasteiger partial charge in [0.15, 0.2) is 0 Å². The van der Waals surface area contributed by atoms with Crippen LogP contribution in [0, 0.1) is 12.8 Å². The number of benzene rings is 1. The van der Waals surface area contributed by atoms with E-state index in [2.05, 4.69) is 94.0 Å². The van der Waals surface area contributed by atoms with E-state index in [0.29, 0.717) is 11.8 Å². The number of aromatic nitrogens is 1. The molecular weight excluding hydrogens is 363 g/mol. The van der Waals surface area contributed by atoms with Gasteiger partial charge in [-0.1, -0.05) is 0 Å². The second kappa shape index (κ2) is 7.65. The second-order valence-electron chi connectivity index (χ2n) is 9.29. The minimum absolute atomic E-state index is 0.570. The van der Waals surface area contributed by atoms with E-state index in [1.165, 1.54) is 22.4 Å². The van der Waals surface area contributed by atoms with Crippen LogP contribution in [0.5, 0.6) is 0 Å². The third kappa shape index (κ3) is 4.75. The molecule has 0 aliphatic heterocycles. The summed E-state index contributed by atoms with van der Waals surface area (Å²) >= 11 is -1.89. The molecule has 0 N–H and O–H groups in total. The fourth-order valence-electron chi connectivity index (χ4n) is 3.65. The second-order valence-corrected chi connectivity index (χ2v) is 19.9. The molecule has 0 unspecified atom stereocenters. The van der Waals surface area contributed by atoms with Crippen LogP contribution >= 0.6 is 0 Å². The van der Waals surface area contributed by atoms with Crippen molar-refractivity contribution in [3.8, 4) is 11.3 Å². The van der Waals surface area contributed by atoms with Crippen molar-refractivity contribution in [1.29, 1.82) is 0 Å². The Morgan fingerprint density at radius 2 is 1.64 bits per heavy atom. The van der Waals surface area contributed by atoms with Crippen LogP contribution in [0.1, 0.15) is 50.3 Å². The van der Waals surface area contributed by atoms with Crippen molar-refractivity contribution in [3.05, 3.63) is 47.2 Å². The molecule has 1 aromatic carbocycles. The Hall–Kier alpha value is -1.09. The van der Waals surface area contributed by atoms with Crippen molar-refractivity contribution in [1.82, 2.24) is 0 Å². The molecule has 0 aliphatic rings. The molecule has 0 radical (unpaired) electrons. The van der Waals surface area contributed by atoms with E-state index in [0.717, 1.165) is 6.42 Å². The van der Waals surface area contributed by atoms with Crippen molar-refractivity contribution >= 4 is 17.7 Å². The number of hydrogen-bond donors (Lipinski definition) is 0. The molecule has 1 aromatic heterocycles. The fraction of sp³-hybridized carbons (Fsp3) is 0.522. The summed E-state index contributed by atoms with van der Waals surface area (Å²) in [5.41, 5.74) is 7.08. The predicted octanol–water partition coefficient (Wildman–Crippen LogP) is 5.35. The first kappa shape index (κ1) is 20.2. The monoisotopic (exact) mass is 400 g/mol. The molecular formula is C23H36GeN+. The summed E-state index contributed by atoms with van der Waals surface area (Å²) in [6, 6.07) is 9.47. The van der Waals surface area contributed by atoms with Crippen LogP contribution in [-0.4, -0.2) is 13.3 Å². The van der Waals surface area contributed by atoms with Crippen molar-refractivity contribution in [3.63, 3.8) is 0 Å². The molecule has 0 saturated carbocycles. The van der Waals surface area contributed by atoms with Gasteiger partial charge in [-0.05, 0) is 0 Å². The van der Waals surface area contributed by atoms with Crippen LogP contribution in [0.15, 0.2) is 30.5 Å². The van der Waals surface area contributed by atoms with Gasteiger partial charge in [0.25, 0.3) is 0 Å². The number of aryl methyl sites for hydroxylation is 2. The SMILES string of the molecule is Cc1cc(CC(C)C)ccc1-c1cc(C(C)C)[c]([Ge]([CH3])([CH3])[CH3])c[n+]1C. The topological polar surface area (TPSA) is 3.88 Å². The van der Waals surface area contributed by atoms with Crippen LogP contribution in [-0.2, 0) is 13.5 Å². The average Bonchev–Trinajstić information content (AvgIpc) is 2.45. The van der Waals surface area contributed by atoms with Crippen molar-refractivity contribution < 1.29 is 4.57 Å². The molecule has 2 rings (SSSR count). The number of hydrogen-bond acceptors (Lipinski definition) is 0. The number of nitrogens with zero attached hydrogens (tertiary/aromatic N) is 1. The van der Waals surface area contributed by atoms with E-state index < -0.39 is 13.3 Å². The van der Waals surface area contributed by atoms with Gasteiger partial charge in [-0.15, -0.1) is 0 Å². The van der Waals surface area contributed by atoms with E-state index >= 15 is 0 Å². The van der Waals surface area contributed by atoms with E-state index in [4.69, 9.17) is 0 Å². The van der Waals surface area contributed by atoms with Crippen molar-refractivity contribution in [2.45, 2.75) is 64.2 Å². The molecule has 0 aliphatic carbocycles. The first-order valence-corrected chi connectivity index (χ1v) is 17.0. The van der Waals surface area contributed by atoms with E-state index in [9.17, 15) is 0 Å². The van der Waals surface area contributed by atoms with Gasteiger partial charge in [0, 0.05) is 0 Å². The van der Waals surface area contributed by atoms with Crippen LogP contribution in [0.2, 0.25) is 17.3 Å². The summed E-state index contributed by atoms with van der Waals surface area (Å²) in [6.07, 6.45) is 3.58. The Kier molecular flexibility index (Phi) is 6.19. The average molecular weight is 399 g/mol. The normalized spacial score (nSPS) is 12.3. The number of rotatable bonds is 5. The van der Waals surface area contributed by atoms with Crippen molar-refractivity contribution in [2.24, 2.45) is 13.0 Å². The molecule has 0 atom stereocenters. The zero-order chi connectivity index (χ0) is 18.9. The first-order chi connectivity index (χ1) is 11.5. The predicted molar refractivity (Wildman–Crippen MR) is 113 cm³/mol. The zero-order valence-electron chi connectivity index (χ0n) is 17.7. The summed E-state index contributed by atoms with van der Waals surface area (Å²) in [5.74, 6) is 8.75. The van der Waals surface area contributed by atoms with E-state index in [1.54, 1.807) is 9.96 Å². The van der Waals surface area contributed by atoms with Crippen LogP contribution in [0.4, 0.5) is 0 Å². The van der Waals surface area contributed by atoms with E-state index in [1.807, 2.05) is 0 Å². The Bertz CT molecular complexity index is 751. The summed E-state index contributed by atoms with van der Waals surface area (Å²) in [5, 5.41) is 0. The molecule has 0 bridgehead atoms. The number of pyridine rings is 1. The standard InChI is InChI=1S/C23H36GeN/c1-16(2)12-19-10-11-20(18(5)13-19)23-14-21(17(3)4)22(15-25(23)9)24(6,7)8/h10-11,13-17H,12H2,1-9H3/q+1. The maximum atomic E-state index is 2.49. The Morgan fingerprint density at radius 1 is 1.00 bits per heavy atom. The van der Waals surface area contributed by atoms with Gasteiger partial charge in [-0.3, -0.25) is 0 Å². The third-order valence-electron chi connectivity index (χ3n) is 4.95. The molecule has 0 spiro atoms. The fourth-order valence-corrected chi connectivity index (χ4v) is 7.44. The van der Waals surface area contributed by atoms with Crippen LogP contribution in [0.3, 0.4) is 0 Å². The molecule has 2 aromatic rings. The van der Waals surface area contributed by atoms with Gasteiger partial charge in [0.1, 0.15) is 0 Å². The van der Waals surface area contributed by atoms with Gasteiger partial charge < -0.3 is 0 Å². The molecule has 1 nitrogen and oxygen atoms in total. The summed E-state index contributed by atoms with van der Waals surface area (Å²) in [4.78, 5) is 0. The maximum absolute atomic E-state index is 2.49. The third-order valence-corrected chi connectivity index (χ3v) is 9.21. The van der Waals surface area contributed by atoms with Gasteiger partial charge in [0.2, 0.25) is 0 Å². The zero-order valence-corrected chi connectivity index (χ0v) is 19.8. The Labute approximate surface area is 157 Å². The molecule has 0 amide bonds. The first-order valence-electron chi connectivity index (χ1n) is 9.64. The minimum atomic E-state index is -1.89. The Morgan fingerprint density at radius 3 is 2.12 bits per heavy atom. The molecule has 1 heterocycles. The summed E-state index contributed by atoms with van der Waals surface area (Å²) in [7, 11) is 2.21.